The number of nitrogens with one attached hydrogen (secondary N) is 2. The number of unbranched alkanes of at least 4 members (excludes halogenated alkanes) is 1. The number of likely N-dealkylation sites (N-methyl/N-ethyl adjacent to an activating group) is 1. The van der Waals surface area contributed by atoms with Crippen LogP contribution in [-0.4, -0.2) is 36.5 Å². The number of hydrogen-bond donors (Lipinski definition) is 2. The van der Waals surface area contributed by atoms with Crippen molar-refractivity contribution in [2.75, 3.05) is 19.6 Å². The fourth-order valence-corrected chi connectivity index (χ4v) is 1.72. The third-order valence-electron chi connectivity index (χ3n) is 2.90. The topological polar surface area (TPSA) is 74.6 Å². The lowest BCUT2D eigenvalue weighted by Gasteiger charge is -2.19. The molecule has 1 heterocycles. The maximum Gasteiger partial charge on any atom is 0.321 e. The van der Waals surface area contributed by atoms with Crippen molar-refractivity contribution < 1.29 is 14.0 Å². The van der Waals surface area contributed by atoms with Crippen molar-refractivity contribution >= 4 is 11.9 Å². The smallest absolute Gasteiger partial charge is 0.321 e. The number of imide groups is 1. The highest BCUT2D eigenvalue weighted by atomic mass is 16.3. The Morgan fingerprint density at radius 3 is 2.75 bits per heavy atom. The number of hydrogen-bond acceptors (Lipinski definition) is 4. The molecule has 0 aromatic carbocycles. The summed E-state index contributed by atoms with van der Waals surface area (Å²) in [5, 5.41) is 4.88. The first-order valence-corrected chi connectivity index (χ1v) is 6.98. The fraction of sp³-hybridized carbons (Fsp3) is 0.571. The van der Waals surface area contributed by atoms with E-state index in [9.17, 15) is 9.59 Å². The van der Waals surface area contributed by atoms with Crippen molar-refractivity contribution in [3.8, 4) is 0 Å². The van der Waals surface area contributed by atoms with Gasteiger partial charge in [-0.1, -0.05) is 20.3 Å². The van der Waals surface area contributed by atoms with Crippen LogP contribution in [0.2, 0.25) is 0 Å². The van der Waals surface area contributed by atoms with Crippen LogP contribution in [0.1, 0.15) is 32.4 Å². The average molecular weight is 281 g/mol. The molecule has 20 heavy (non-hydrogen) atoms. The second kappa shape index (κ2) is 9.14. The van der Waals surface area contributed by atoms with E-state index in [1.165, 1.54) is 6.26 Å². The molecule has 0 atom stereocenters. The van der Waals surface area contributed by atoms with Crippen LogP contribution in [-0.2, 0) is 11.3 Å². The maximum atomic E-state index is 11.7. The zero-order chi connectivity index (χ0) is 14.8. The molecule has 1 rings (SSSR count). The summed E-state index contributed by atoms with van der Waals surface area (Å²) in [6.07, 6.45) is 3.67. The fourth-order valence-electron chi connectivity index (χ4n) is 1.72. The van der Waals surface area contributed by atoms with E-state index < -0.39 is 6.03 Å². The third kappa shape index (κ3) is 6.38. The second-order valence-electron chi connectivity index (χ2n) is 4.53. The van der Waals surface area contributed by atoms with Crippen molar-refractivity contribution in [3.63, 3.8) is 0 Å². The molecule has 0 aliphatic rings. The SMILES string of the molecule is CCCCN(CC)CC(=O)NC(=O)NCc1ccco1. The van der Waals surface area contributed by atoms with E-state index in [0.29, 0.717) is 5.76 Å². The van der Waals surface area contributed by atoms with Crippen molar-refractivity contribution in [1.82, 2.24) is 15.5 Å². The van der Waals surface area contributed by atoms with Gasteiger partial charge in [0.1, 0.15) is 5.76 Å². The van der Waals surface area contributed by atoms with Gasteiger partial charge in [-0.3, -0.25) is 15.0 Å². The Morgan fingerprint density at radius 2 is 2.15 bits per heavy atom. The standard InChI is InChI=1S/C14H23N3O3/c1-3-5-8-17(4-2)11-13(18)16-14(19)15-10-12-7-6-9-20-12/h6-7,9H,3-5,8,10-11H2,1-2H3,(H2,15,16,18,19). The maximum absolute atomic E-state index is 11.7. The lowest BCUT2D eigenvalue weighted by Crippen LogP contribution is -2.44. The number of nitrogens with zero attached hydrogens (tertiary/aromatic N) is 1. The molecule has 0 aliphatic carbocycles. The van der Waals surface area contributed by atoms with Crippen LogP contribution in [0.15, 0.2) is 22.8 Å². The summed E-state index contributed by atoms with van der Waals surface area (Å²) < 4.78 is 5.08. The quantitative estimate of drug-likeness (QED) is 0.761. The first-order chi connectivity index (χ1) is 9.65. The van der Waals surface area contributed by atoms with Crippen LogP contribution in [0, 0.1) is 0 Å². The molecule has 0 radical (unpaired) electrons. The minimum atomic E-state index is -0.502. The van der Waals surface area contributed by atoms with Crippen molar-refractivity contribution in [2.24, 2.45) is 0 Å². The van der Waals surface area contributed by atoms with Crippen LogP contribution in [0.5, 0.6) is 0 Å². The van der Waals surface area contributed by atoms with E-state index in [1.54, 1.807) is 12.1 Å². The summed E-state index contributed by atoms with van der Waals surface area (Å²) in [4.78, 5) is 25.3. The molecule has 0 bridgehead atoms. The molecule has 0 saturated heterocycles. The normalized spacial score (nSPS) is 10.6. The Balaban J connectivity index is 2.24. The first-order valence-electron chi connectivity index (χ1n) is 6.98. The van der Waals surface area contributed by atoms with E-state index in [1.807, 2.05) is 11.8 Å². The van der Waals surface area contributed by atoms with Crippen molar-refractivity contribution in [3.05, 3.63) is 24.2 Å². The summed E-state index contributed by atoms with van der Waals surface area (Å²) in [6.45, 7) is 6.27. The van der Waals surface area contributed by atoms with Crippen LogP contribution < -0.4 is 10.6 Å². The summed E-state index contributed by atoms with van der Waals surface area (Å²) >= 11 is 0. The van der Waals surface area contributed by atoms with Gasteiger partial charge in [0.25, 0.3) is 0 Å². The minimum Gasteiger partial charge on any atom is -0.467 e. The molecule has 0 fully saturated rings. The third-order valence-corrected chi connectivity index (χ3v) is 2.90. The number of amides is 3. The van der Waals surface area contributed by atoms with E-state index in [-0.39, 0.29) is 19.0 Å². The van der Waals surface area contributed by atoms with Crippen LogP contribution in [0.3, 0.4) is 0 Å². The predicted octanol–water partition coefficient (Wildman–Crippen LogP) is 1.73. The summed E-state index contributed by atoms with van der Waals surface area (Å²) in [6, 6.07) is 3.00. The summed E-state index contributed by atoms with van der Waals surface area (Å²) in [5.74, 6) is 0.352. The van der Waals surface area contributed by atoms with Crippen molar-refractivity contribution in [1.29, 1.82) is 0 Å². The van der Waals surface area contributed by atoms with Gasteiger partial charge in [-0.05, 0) is 31.6 Å². The highest BCUT2D eigenvalue weighted by Gasteiger charge is 2.11. The predicted molar refractivity (Wildman–Crippen MR) is 76.1 cm³/mol. The van der Waals surface area contributed by atoms with Crippen LogP contribution >= 0.6 is 0 Å². The number of carbonyl (C=O) groups is 2. The van der Waals surface area contributed by atoms with Crippen LogP contribution in [0.4, 0.5) is 4.79 Å². The summed E-state index contributed by atoms with van der Waals surface area (Å²) in [5.41, 5.74) is 0. The first kappa shape index (κ1) is 16.2. The monoisotopic (exact) mass is 281 g/mol. The number of furan rings is 1. The lowest BCUT2D eigenvalue weighted by molar-refractivity contribution is -0.121. The molecule has 1 aromatic heterocycles. The lowest BCUT2D eigenvalue weighted by atomic mass is 10.3. The number of rotatable bonds is 8. The van der Waals surface area contributed by atoms with Crippen molar-refractivity contribution in [2.45, 2.75) is 33.2 Å². The molecule has 3 amide bonds. The Morgan fingerprint density at radius 1 is 1.35 bits per heavy atom. The molecule has 6 heteroatoms. The Labute approximate surface area is 119 Å². The van der Waals surface area contributed by atoms with E-state index in [0.717, 1.165) is 25.9 Å². The second-order valence-corrected chi connectivity index (χ2v) is 4.53. The molecule has 6 nitrogen and oxygen atoms in total. The molecule has 0 saturated carbocycles. The molecule has 0 unspecified atom stereocenters. The Bertz CT molecular complexity index is 404. The number of carbonyl (C=O) groups excluding carboxylic acids is 2. The van der Waals surface area contributed by atoms with E-state index in [4.69, 9.17) is 4.42 Å². The molecular weight excluding hydrogens is 258 g/mol. The molecule has 0 aliphatic heterocycles. The largest absolute Gasteiger partial charge is 0.467 e. The Kier molecular flexibility index (Phi) is 7.42. The van der Waals surface area contributed by atoms with Gasteiger partial charge in [-0.15, -0.1) is 0 Å². The van der Waals surface area contributed by atoms with Gasteiger partial charge in [0.05, 0.1) is 19.4 Å². The molecule has 2 N–H and O–H groups in total. The minimum absolute atomic E-state index is 0.241. The highest BCUT2D eigenvalue weighted by molar-refractivity contribution is 5.95. The number of urea groups is 1. The zero-order valence-electron chi connectivity index (χ0n) is 12.1. The van der Waals surface area contributed by atoms with Crippen LogP contribution in [0.25, 0.3) is 0 Å². The molecule has 112 valence electrons. The van der Waals surface area contributed by atoms with Gasteiger partial charge in [0.15, 0.2) is 0 Å². The van der Waals surface area contributed by atoms with E-state index >= 15 is 0 Å². The van der Waals surface area contributed by atoms with Gasteiger partial charge in [-0.25, -0.2) is 4.79 Å². The zero-order valence-corrected chi connectivity index (χ0v) is 12.1. The van der Waals surface area contributed by atoms with Gasteiger partial charge in [-0.2, -0.15) is 0 Å². The molecule has 1 aromatic rings. The molecular formula is C14H23N3O3. The summed E-state index contributed by atoms with van der Waals surface area (Å²) in [7, 11) is 0. The van der Waals surface area contributed by atoms with Gasteiger partial charge in [0, 0.05) is 0 Å². The van der Waals surface area contributed by atoms with Gasteiger partial charge in [0.2, 0.25) is 5.91 Å². The van der Waals surface area contributed by atoms with Gasteiger partial charge < -0.3 is 9.73 Å². The van der Waals surface area contributed by atoms with E-state index in [2.05, 4.69) is 17.6 Å². The Hall–Kier alpha value is -1.82. The van der Waals surface area contributed by atoms with Gasteiger partial charge >= 0.3 is 6.03 Å². The molecule has 0 spiro atoms. The highest BCUT2D eigenvalue weighted by Crippen LogP contribution is 1.98. The average Bonchev–Trinajstić information content (AvgIpc) is 2.94.